The molecule has 0 radical (unpaired) electrons. The van der Waals surface area contributed by atoms with E-state index in [1.807, 2.05) is 73.7 Å². The molecule has 5 nitrogen and oxygen atoms in total. The van der Waals surface area contributed by atoms with Crippen molar-refractivity contribution in [2.24, 2.45) is 10.2 Å². The number of aromatic hydroxyl groups is 1. The van der Waals surface area contributed by atoms with Crippen molar-refractivity contribution >= 4 is 22.5 Å². The molecule has 4 rings (SSSR count). The molecule has 0 spiro atoms. The number of carbonyl (C=O) groups excluding carboxylic acids is 1. The molecule has 1 amide bonds. The molecule has 0 bridgehead atoms. The summed E-state index contributed by atoms with van der Waals surface area (Å²) in [4.78, 5) is 12.3. The van der Waals surface area contributed by atoms with Crippen LogP contribution in [-0.4, -0.2) is 15.6 Å². The van der Waals surface area contributed by atoms with E-state index >= 15 is 0 Å². The number of aromatic nitrogens is 1. The van der Waals surface area contributed by atoms with Crippen molar-refractivity contribution in [3.05, 3.63) is 95.6 Å². The lowest BCUT2D eigenvalue weighted by Gasteiger charge is -2.06. The molecule has 0 aliphatic carbocycles. The Labute approximate surface area is 162 Å². The molecule has 0 fully saturated rings. The minimum Gasteiger partial charge on any atom is -0.493 e. The van der Waals surface area contributed by atoms with Crippen LogP contribution in [0.1, 0.15) is 21.5 Å². The molecule has 1 N–H and O–H groups in total. The van der Waals surface area contributed by atoms with Gasteiger partial charge in [-0.05, 0) is 30.7 Å². The fraction of sp³-hybridized carbons (Fsp3) is 0.0870. The van der Waals surface area contributed by atoms with Crippen LogP contribution >= 0.6 is 0 Å². The summed E-state index contributed by atoms with van der Waals surface area (Å²) in [5, 5.41) is 19.5. The number of benzene rings is 3. The van der Waals surface area contributed by atoms with E-state index in [1.54, 1.807) is 16.7 Å². The molecule has 5 heteroatoms. The number of para-hydroxylation sites is 1. The Morgan fingerprint density at radius 2 is 1.61 bits per heavy atom. The second-order valence-electron chi connectivity index (χ2n) is 6.63. The number of carbonyl (C=O) groups is 1. The zero-order chi connectivity index (χ0) is 19.5. The summed E-state index contributed by atoms with van der Waals surface area (Å²) in [5.74, 6) is -0.454. The first-order valence-corrected chi connectivity index (χ1v) is 9.00. The first-order valence-electron chi connectivity index (χ1n) is 9.00. The highest BCUT2D eigenvalue weighted by atomic mass is 16.3. The lowest BCUT2D eigenvalue weighted by atomic mass is 10.1. The van der Waals surface area contributed by atoms with Crippen LogP contribution in [0.3, 0.4) is 0 Å². The summed E-state index contributed by atoms with van der Waals surface area (Å²) in [5.41, 5.74) is 3.71. The number of rotatable bonds is 4. The van der Waals surface area contributed by atoms with Crippen LogP contribution in [0.4, 0.5) is 5.69 Å². The van der Waals surface area contributed by atoms with Gasteiger partial charge in [0.05, 0.1) is 12.1 Å². The monoisotopic (exact) mass is 369 g/mol. The lowest BCUT2D eigenvalue weighted by molar-refractivity contribution is 0.0995. The van der Waals surface area contributed by atoms with Crippen molar-refractivity contribution in [3.8, 4) is 5.88 Å². The average molecular weight is 369 g/mol. The van der Waals surface area contributed by atoms with E-state index < -0.39 is 5.91 Å². The van der Waals surface area contributed by atoms with Gasteiger partial charge in [0, 0.05) is 10.9 Å². The summed E-state index contributed by atoms with van der Waals surface area (Å²) < 4.78 is 1.77. The third-order valence-electron chi connectivity index (χ3n) is 4.64. The quantitative estimate of drug-likeness (QED) is 0.474. The fourth-order valence-electron chi connectivity index (χ4n) is 3.15. The average Bonchev–Trinajstić information content (AvgIpc) is 2.99. The highest BCUT2D eigenvalue weighted by molar-refractivity contribution is 5.97. The molecule has 1 heterocycles. The van der Waals surface area contributed by atoms with Crippen molar-refractivity contribution in [1.82, 2.24) is 4.57 Å². The van der Waals surface area contributed by atoms with Gasteiger partial charge in [0.15, 0.2) is 5.69 Å². The summed E-state index contributed by atoms with van der Waals surface area (Å²) in [6.07, 6.45) is 0. The van der Waals surface area contributed by atoms with Gasteiger partial charge < -0.3 is 9.67 Å². The van der Waals surface area contributed by atoms with E-state index in [0.29, 0.717) is 17.8 Å². The van der Waals surface area contributed by atoms with E-state index in [4.69, 9.17) is 0 Å². The summed E-state index contributed by atoms with van der Waals surface area (Å²) >= 11 is 0. The van der Waals surface area contributed by atoms with E-state index in [0.717, 1.165) is 22.0 Å². The van der Waals surface area contributed by atoms with Gasteiger partial charge in [0.1, 0.15) is 0 Å². The standard InChI is InChI=1S/C23H19N3O2/c1-16-11-13-18(14-12-16)22(27)25-24-21-19-9-5-6-10-20(19)26(23(21)28)15-17-7-3-2-4-8-17/h2-14,28H,15H2,1H3. The number of nitrogens with zero attached hydrogens (tertiary/aromatic N) is 3. The van der Waals surface area contributed by atoms with Crippen molar-refractivity contribution in [3.63, 3.8) is 0 Å². The Bertz CT molecular complexity index is 1160. The van der Waals surface area contributed by atoms with Crippen molar-refractivity contribution in [2.75, 3.05) is 0 Å². The second kappa shape index (κ2) is 7.48. The highest BCUT2D eigenvalue weighted by Crippen LogP contribution is 2.39. The Balaban J connectivity index is 1.72. The molecule has 1 aromatic heterocycles. The predicted molar refractivity (Wildman–Crippen MR) is 109 cm³/mol. The van der Waals surface area contributed by atoms with Gasteiger partial charge in [-0.2, -0.15) is 0 Å². The van der Waals surface area contributed by atoms with Crippen molar-refractivity contribution in [1.29, 1.82) is 0 Å². The molecule has 0 atom stereocenters. The van der Waals surface area contributed by atoms with Gasteiger partial charge in [0.2, 0.25) is 5.88 Å². The van der Waals surface area contributed by atoms with Gasteiger partial charge in [-0.25, -0.2) is 0 Å². The van der Waals surface area contributed by atoms with Crippen LogP contribution < -0.4 is 0 Å². The van der Waals surface area contributed by atoms with Crippen molar-refractivity contribution < 1.29 is 9.90 Å². The number of aryl methyl sites for hydroxylation is 1. The van der Waals surface area contributed by atoms with E-state index in [1.165, 1.54) is 0 Å². The SMILES string of the molecule is Cc1ccc(C(=O)N=Nc2c(O)n(Cc3ccccc3)c3ccccc23)cc1. The van der Waals surface area contributed by atoms with Crippen LogP contribution in [-0.2, 0) is 6.54 Å². The third-order valence-corrected chi connectivity index (χ3v) is 4.64. The van der Waals surface area contributed by atoms with Gasteiger partial charge in [-0.1, -0.05) is 66.2 Å². The van der Waals surface area contributed by atoms with Crippen LogP contribution in [0.15, 0.2) is 89.1 Å². The van der Waals surface area contributed by atoms with E-state index in [-0.39, 0.29) is 5.88 Å². The normalized spacial score (nSPS) is 11.3. The van der Waals surface area contributed by atoms with E-state index in [2.05, 4.69) is 10.2 Å². The van der Waals surface area contributed by atoms with Crippen molar-refractivity contribution in [2.45, 2.75) is 13.5 Å². The van der Waals surface area contributed by atoms with Crippen LogP contribution in [0.5, 0.6) is 5.88 Å². The minimum absolute atomic E-state index is 0.00879. The van der Waals surface area contributed by atoms with Crippen LogP contribution in [0.25, 0.3) is 10.9 Å². The van der Waals surface area contributed by atoms with Gasteiger partial charge >= 0.3 is 0 Å². The number of fused-ring (bicyclic) bond motifs is 1. The summed E-state index contributed by atoms with van der Waals surface area (Å²) in [7, 11) is 0. The molecular formula is C23H19N3O2. The largest absolute Gasteiger partial charge is 0.493 e. The minimum atomic E-state index is -0.445. The maximum atomic E-state index is 12.3. The molecule has 138 valence electrons. The molecule has 0 saturated carbocycles. The lowest BCUT2D eigenvalue weighted by Crippen LogP contribution is -1.98. The Morgan fingerprint density at radius 1 is 0.929 bits per heavy atom. The Hall–Kier alpha value is -3.73. The smallest absolute Gasteiger partial charge is 0.295 e. The van der Waals surface area contributed by atoms with E-state index in [9.17, 15) is 9.90 Å². The number of hydrogen-bond donors (Lipinski definition) is 1. The molecule has 28 heavy (non-hydrogen) atoms. The summed E-state index contributed by atoms with van der Waals surface area (Å²) in [6, 6.07) is 24.6. The van der Waals surface area contributed by atoms with Gasteiger partial charge in [-0.3, -0.25) is 4.79 Å². The van der Waals surface area contributed by atoms with Crippen LogP contribution in [0.2, 0.25) is 0 Å². The maximum absolute atomic E-state index is 12.3. The highest BCUT2D eigenvalue weighted by Gasteiger charge is 2.17. The Morgan fingerprint density at radius 3 is 2.36 bits per heavy atom. The maximum Gasteiger partial charge on any atom is 0.295 e. The van der Waals surface area contributed by atoms with Crippen LogP contribution in [0, 0.1) is 6.92 Å². The zero-order valence-electron chi connectivity index (χ0n) is 15.4. The molecule has 3 aromatic carbocycles. The predicted octanol–water partition coefficient (Wildman–Crippen LogP) is 5.63. The number of amides is 1. The topological polar surface area (TPSA) is 66.9 Å². The fourth-order valence-corrected chi connectivity index (χ4v) is 3.15. The molecule has 0 unspecified atom stereocenters. The summed E-state index contributed by atoms with van der Waals surface area (Å²) in [6.45, 7) is 2.45. The number of azo groups is 1. The third kappa shape index (κ3) is 3.42. The first-order chi connectivity index (χ1) is 13.6. The zero-order valence-corrected chi connectivity index (χ0v) is 15.4. The van der Waals surface area contributed by atoms with Gasteiger partial charge in [0.25, 0.3) is 5.91 Å². The molecule has 0 saturated heterocycles. The second-order valence-corrected chi connectivity index (χ2v) is 6.63. The molecule has 4 aromatic rings. The first kappa shape index (κ1) is 17.7. The van der Waals surface area contributed by atoms with Gasteiger partial charge in [-0.15, -0.1) is 10.2 Å². The molecular weight excluding hydrogens is 350 g/mol. The molecule has 0 aliphatic rings. The number of hydrogen-bond acceptors (Lipinski definition) is 3. The molecule has 0 aliphatic heterocycles. The Kier molecular flexibility index (Phi) is 4.72.